The second kappa shape index (κ2) is 8.83. The first-order valence-corrected chi connectivity index (χ1v) is 8.61. The van der Waals surface area contributed by atoms with Crippen molar-refractivity contribution in [3.05, 3.63) is 0 Å². The molecule has 2 N–H and O–H groups in total. The lowest BCUT2D eigenvalue weighted by Crippen LogP contribution is -2.59. The SMILES string of the molecule is CC1(CC(F)(F)C(F)(F)F)CCCCN1CC(F)(F)C(F)(F)F.O=[PH](O)O. The van der Waals surface area contributed by atoms with Gasteiger partial charge in [0, 0.05) is 12.0 Å². The average Bonchev–Trinajstić information content (AvgIpc) is 2.37. The molecule has 1 aliphatic heterocycles. The molecule has 1 unspecified atom stereocenters. The summed E-state index contributed by atoms with van der Waals surface area (Å²) in [6, 6.07) is 0. The Kier molecular flexibility index (Phi) is 8.64. The van der Waals surface area contributed by atoms with Gasteiger partial charge in [0.15, 0.2) is 0 Å². The Morgan fingerprint density at radius 1 is 0.889 bits per heavy atom. The van der Waals surface area contributed by atoms with E-state index in [0.717, 1.165) is 6.92 Å². The van der Waals surface area contributed by atoms with Crippen LogP contribution in [0, 0.1) is 0 Å². The van der Waals surface area contributed by atoms with Gasteiger partial charge in [-0.3, -0.25) is 9.46 Å². The van der Waals surface area contributed by atoms with Crippen molar-refractivity contribution in [1.29, 1.82) is 0 Å². The summed E-state index contributed by atoms with van der Waals surface area (Å²) in [5.41, 5.74) is -2.11. The van der Waals surface area contributed by atoms with Crippen molar-refractivity contribution in [3.63, 3.8) is 0 Å². The number of halogens is 10. The largest absolute Gasteiger partial charge is 0.454 e. The molecule has 1 fully saturated rings. The zero-order valence-electron chi connectivity index (χ0n) is 13.8. The van der Waals surface area contributed by atoms with Crippen LogP contribution in [-0.4, -0.2) is 57.5 Å². The van der Waals surface area contributed by atoms with Gasteiger partial charge in [-0.15, -0.1) is 0 Å². The van der Waals surface area contributed by atoms with E-state index in [-0.39, 0.29) is 19.3 Å². The predicted molar refractivity (Wildman–Crippen MR) is 73.9 cm³/mol. The van der Waals surface area contributed by atoms with Crippen LogP contribution in [-0.2, 0) is 4.57 Å². The third-order valence-corrected chi connectivity index (χ3v) is 3.98. The van der Waals surface area contributed by atoms with E-state index in [2.05, 4.69) is 0 Å². The fraction of sp³-hybridized carbons (Fsp3) is 1.00. The molecule has 1 atom stereocenters. The van der Waals surface area contributed by atoms with E-state index in [4.69, 9.17) is 14.4 Å². The molecule has 0 bridgehead atoms. The van der Waals surface area contributed by atoms with Gasteiger partial charge < -0.3 is 9.79 Å². The second-order valence-corrected chi connectivity index (χ2v) is 6.80. The van der Waals surface area contributed by atoms with Gasteiger partial charge in [-0.1, -0.05) is 6.42 Å². The van der Waals surface area contributed by atoms with Crippen LogP contribution < -0.4 is 0 Å². The maximum Gasteiger partial charge on any atom is 0.454 e. The minimum atomic E-state index is -5.90. The zero-order valence-corrected chi connectivity index (χ0v) is 14.8. The Bertz CT molecular complexity index is 507. The van der Waals surface area contributed by atoms with E-state index in [0.29, 0.717) is 4.90 Å². The summed E-state index contributed by atoms with van der Waals surface area (Å²) >= 11 is 0. The van der Waals surface area contributed by atoms with Crippen LogP contribution in [0.1, 0.15) is 32.6 Å². The lowest BCUT2D eigenvalue weighted by molar-refractivity contribution is -0.304. The molecule has 0 radical (unpaired) electrons. The van der Waals surface area contributed by atoms with Crippen molar-refractivity contribution in [2.24, 2.45) is 0 Å². The molecule has 1 saturated heterocycles. The quantitative estimate of drug-likeness (QED) is 0.499. The Morgan fingerprint density at radius 3 is 1.67 bits per heavy atom. The summed E-state index contributed by atoms with van der Waals surface area (Å²) in [5.74, 6) is -10.4. The molecule has 0 aromatic rings. The van der Waals surface area contributed by atoms with Gasteiger partial charge >= 0.3 is 32.5 Å². The van der Waals surface area contributed by atoms with Gasteiger partial charge in [-0.2, -0.15) is 43.9 Å². The van der Waals surface area contributed by atoms with Crippen molar-refractivity contribution in [2.75, 3.05) is 13.1 Å². The van der Waals surface area contributed by atoms with E-state index in [1.54, 1.807) is 0 Å². The number of hydrogen-bond acceptors (Lipinski definition) is 2. The average molecular weight is 445 g/mol. The topological polar surface area (TPSA) is 60.8 Å². The van der Waals surface area contributed by atoms with E-state index < -0.39 is 57.5 Å². The molecule has 4 nitrogen and oxygen atoms in total. The van der Waals surface area contributed by atoms with Gasteiger partial charge in [0.1, 0.15) is 0 Å². The fourth-order valence-electron chi connectivity index (χ4n) is 2.61. The van der Waals surface area contributed by atoms with Crippen LogP contribution >= 0.6 is 8.25 Å². The van der Waals surface area contributed by atoms with Crippen LogP contribution in [0.3, 0.4) is 0 Å². The van der Waals surface area contributed by atoms with E-state index >= 15 is 0 Å². The third kappa shape index (κ3) is 7.74. The first kappa shape index (κ1) is 26.4. The standard InChI is InChI=1S/C12H15F10N.H3O3P/c1-8(6-9(13,14)11(17,18)19)4-2-3-5-23(8)7-10(15,16)12(20,21)22;1-4(2)3/h2-7H2,1H3;4H,(H2,1,2,3). The molecule has 27 heavy (non-hydrogen) atoms. The molecular weight excluding hydrogens is 427 g/mol. The Morgan fingerprint density at radius 2 is 1.30 bits per heavy atom. The molecular formula is C12H18F10NO3P. The number of alkyl halides is 10. The molecule has 0 spiro atoms. The number of rotatable bonds is 4. The highest BCUT2D eigenvalue weighted by molar-refractivity contribution is 7.30. The number of nitrogens with zero attached hydrogens (tertiary/aromatic N) is 1. The Hall–Kier alpha value is -0.590. The highest BCUT2D eigenvalue weighted by Gasteiger charge is 2.63. The van der Waals surface area contributed by atoms with Gasteiger partial charge in [0.2, 0.25) is 0 Å². The van der Waals surface area contributed by atoms with Crippen molar-refractivity contribution < 1.29 is 58.3 Å². The first-order chi connectivity index (χ1) is 11.8. The van der Waals surface area contributed by atoms with E-state index in [9.17, 15) is 43.9 Å². The zero-order chi connectivity index (χ0) is 21.9. The van der Waals surface area contributed by atoms with Gasteiger partial charge in [0.25, 0.3) is 0 Å². The second-order valence-electron chi connectivity index (χ2n) is 6.24. The molecule has 15 heteroatoms. The van der Waals surface area contributed by atoms with Crippen LogP contribution in [0.4, 0.5) is 43.9 Å². The molecule has 0 amide bonds. The first-order valence-electron chi connectivity index (χ1n) is 7.31. The minimum absolute atomic E-state index is 0.140. The summed E-state index contributed by atoms with van der Waals surface area (Å²) in [6.45, 7) is -1.49. The molecule has 1 heterocycles. The van der Waals surface area contributed by atoms with Crippen molar-refractivity contribution in [3.8, 4) is 0 Å². The van der Waals surface area contributed by atoms with E-state index in [1.165, 1.54) is 0 Å². The van der Waals surface area contributed by atoms with Crippen molar-refractivity contribution in [1.82, 2.24) is 4.90 Å². The highest BCUT2D eigenvalue weighted by Crippen LogP contribution is 2.46. The molecule has 0 aliphatic carbocycles. The summed E-state index contributed by atoms with van der Waals surface area (Å²) in [6.07, 6.45) is -13.7. The lowest BCUT2D eigenvalue weighted by Gasteiger charge is -2.47. The van der Waals surface area contributed by atoms with E-state index in [1.807, 2.05) is 0 Å². The van der Waals surface area contributed by atoms with Crippen LogP contribution in [0.2, 0.25) is 0 Å². The van der Waals surface area contributed by atoms with Crippen LogP contribution in [0.15, 0.2) is 0 Å². The normalized spacial score (nSPS) is 23.2. The lowest BCUT2D eigenvalue weighted by atomic mass is 9.82. The highest BCUT2D eigenvalue weighted by atomic mass is 31.1. The summed E-state index contributed by atoms with van der Waals surface area (Å²) < 4.78 is 135. The molecule has 0 saturated carbocycles. The summed E-state index contributed by atoms with van der Waals surface area (Å²) in [4.78, 5) is 14.7. The van der Waals surface area contributed by atoms with Gasteiger partial charge in [0.05, 0.1) is 6.54 Å². The maximum atomic E-state index is 13.2. The molecule has 1 aliphatic rings. The minimum Gasteiger partial charge on any atom is -0.326 e. The van der Waals surface area contributed by atoms with Crippen LogP contribution in [0.5, 0.6) is 0 Å². The fourth-order valence-corrected chi connectivity index (χ4v) is 2.61. The molecule has 0 aromatic carbocycles. The number of piperidine rings is 1. The van der Waals surface area contributed by atoms with Gasteiger partial charge in [-0.05, 0) is 26.3 Å². The smallest absolute Gasteiger partial charge is 0.326 e. The maximum absolute atomic E-state index is 13.2. The van der Waals surface area contributed by atoms with Crippen molar-refractivity contribution >= 4 is 8.25 Å². The molecule has 0 aromatic heterocycles. The Labute approximate surface area is 148 Å². The van der Waals surface area contributed by atoms with Crippen LogP contribution in [0.25, 0.3) is 0 Å². The predicted octanol–water partition coefficient (Wildman–Crippen LogP) is 4.38. The number of likely N-dealkylation sites (tertiary alicyclic amines) is 1. The summed E-state index contributed by atoms with van der Waals surface area (Å²) in [7, 11) is -3.13. The Balaban J connectivity index is 0.00000153. The molecule has 164 valence electrons. The van der Waals surface area contributed by atoms with Gasteiger partial charge in [-0.25, -0.2) is 0 Å². The number of hydrogen-bond donors (Lipinski definition) is 2. The third-order valence-electron chi connectivity index (χ3n) is 3.98. The van der Waals surface area contributed by atoms with Crippen molar-refractivity contribution in [2.45, 2.75) is 62.3 Å². The monoisotopic (exact) mass is 445 g/mol. The molecule has 1 rings (SSSR count). The summed E-state index contributed by atoms with van der Waals surface area (Å²) in [5, 5.41) is 0.